The monoisotopic (exact) mass is 333 g/mol. The van der Waals surface area contributed by atoms with Crippen LogP contribution in [0.15, 0.2) is 12.1 Å². The number of hydrogen-bond acceptors (Lipinski definition) is 3. The average molecular weight is 334 g/mol. The second-order valence-electron chi connectivity index (χ2n) is 6.13. The summed E-state index contributed by atoms with van der Waals surface area (Å²) in [6.45, 7) is 5.48. The molecule has 22 heavy (non-hydrogen) atoms. The molecule has 0 saturated carbocycles. The number of amides is 1. The molecular weight excluding hydrogens is 316 g/mol. The van der Waals surface area contributed by atoms with Gasteiger partial charge < -0.3 is 14.4 Å². The summed E-state index contributed by atoms with van der Waals surface area (Å²) in [4.78, 5) is 13.5. The minimum absolute atomic E-state index is 0.0400. The Hall–Kier alpha value is -1.56. The molecule has 0 radical (unpaired) electrons. The quantitative estimate of drug-likeness (QED) is 0.795. The molecular formula is C15H18ClF2NO3. The van der Waals surface area contributed by atoms with E-state index in [9.17, 15) is 13.6 Å². The lowest BCUT2D eigenvalue weighted by Gasteiger charge is -2.28. The van der Waals surface area contributed by atoms with Crippen molar-refractivity contribution >= 4 is 17.7 Å². The van der Waals surface area contributed by atoms with Crippen molar-refractivity contribution < 1.29 is 23.0 Å². The van der Waals surface area contributed by atoms with Crippen molar-refractivity contribution in [1.82, 2.24) is 4.90 Å². The molecule has 1 aromatic carbocycles. The molecule has 0 bridgehead atoms. The molecule has 2 rings (SSSR count). The van der Waals surface area contributed by atoms with E-state index in [4.69, 9.17) is 21.1 Å². The van der Waals surface area contributed by atoms with Crippen LogP contribution < -0.4 is 4.74 Å². The minimum Gasteiger partial charge on any atom is -0.491 e. The number of halogens is 3. The van der Waals surface area contributed by atoms with Crippen LogP contribution in [-0.4, -0.2) is 30.2 Å². The molecule has 0 aliphatic carbocycles. The molecule has 0 saturated heterocycles. The molecule has 1 heterocycles. The fourth-order valence-corrected chi connectivity index (χ4v) is 2.43. The van der Waals surface area contributed by atoms with Crippen LogP contribution in [-0.2, 0) is 4.74 Å². The molecule has 1 aromatic rings. The van der Waals surface area contributed by atoms with Crippen LogP contribution in [0.2, 0.25) is 5.02 Å². The molecule has 122 valence electrons. The molecule has 7 heteroatoms. The van der Waals surface area contributed by atoms with Gasteiger partial charge >= 0.3 is 6.09 Å². The third-order valence-electron chi connectivity index (χ3n) is 3.27. The summed E-state index contributed by atoms with van der Waals surface area (Å²) in [5.74, 6) is 0.320. The first-order valence-electron chi connectivity index (χ1n) is 6.80. The summed E-state index contributed by atoms with van der Waals surface area (Å²) < 4.78 is 36.4. The molecule has 1 aliphatic rings. The highest BCUT2D eigenvalue weighted by Gasteiger charge is 2.34. The molecule has 0 spiro atoms. The van der Waals surface area contributed by atoms with Gasteiger partial charge in [-0.2, -0.15) is 0 Å². The van der Waals surface area contributed by atoms with Gasteiger partial charge in [0.2, 0.25) is 0 Å². The highest BCUT2D eigenvalue weighted by atomic mass is 35.5. The van der Waals surface area contributed by atoms with Crippen LogP contribution in [0.5, 0.6) is 5.75 Å². The van der Waals surface area contributed by atoms with Gasteiger partial charge in [0.05, 0.1) is 11.1 Å². The fraction of sp³-hybridized carbons (Fsp3) is 0.533. The lowest BCUT2D eigenvalue weighted by molar-refractivity contribution is 0.0201. The van der Waals surface area contributed by atoms with Gasteiger partial charge in [-0.25, -0.2) is 13.6 Å². The summed E-state index contributed by atoms with van der Waals surface area (Å²) in [5, 5.41) is -0.0400. The third-order valence-corrected chi connectivity index (χ3v) is 3.60. The lowest BCUT2D eigenvalue weighted by Crippen LogP contribution is -2.37. The number of alkyl halides is 2. The van der Waals surface area contributed by atoms with E-state index in [0.29, 0.717) is 11.3 Å². The number of carbonyl (C=O) groups excluding carboxylic acids is 1. The predicted molar refractivity (Wildman–Crippen MR) is 78.6 cm³/mol. The zero-order valence-electron chi connectivity index (χ0n) is 12.8. The number of carbonyl (C=O) groups is 1. The van der Waals surface area contributed by atoms with E-state index in [0.717, 1.165) is 0 Å². The number of rotatable bonds is 2. The van der Waals surface area contributed by atoms with Crippen LogP contribution in [0.3, 0.4) is 0 Å². The lowest BCUT2D eigenvalue weighted by atomic mass is 10.1. The standard InChI is InChI=1S/C15H18ClF2NO3/c1-15(2,3)22-14(20)19(4)11-7-21-12-6-8(13(17)18)10(16)5-9(11)12/h5-6,11,13H,7H2,1-4H3/t11-/m1/s1. The minimum atomic E-state index is -2.68. The molecule has 4 nitrogen and oxygen atoms in total. The highest BCUT2D eigenvalue weighted by Crippen LogP contribution is 2.41. The normalized spacial score (nSPS) is 17.2. The maximum atomic E-state index is 12.8. The van der Waals surface area contributed by atoms with Crippen LogP contribution >= 0.6 is 11.6 Å². The Balaban J connectivity index is 2.25. The number of ether oxygens (including phenoxy) is 2. The molecule has 0 fully saturated rings. The Morgan fingerprint density at radius 1 is 1.45 bits per heavy atom. The molecule has 0 N–H and O–H groups in total. The number of nitrogens with zero attached hydrogens (tertiary/aromatic N) is 1. The Labute approximate surface area is 132 Å². The van der Waals surface area contributed by atoms with E-state index in [1.165, 1.54) is 17.0 Å². The topological polar surface area (TPSA) is 38.8 Å². The predicted octanol–water partition coefficient (Wildman–Crippen LogP) is 4.58. The molecule has 0 aromatic heterocycles. The maximum absolute atomic E-state index is 12.8. The van der Waals surface area contributed by atoms with Gasteiger partial charge in [0.25, 0.3) is 6.43 Å². The van der Waals surface area contributed by atoms with Crippen LogP contribution in [0.25, 0.3) is 0 Å². The van der Waals surface area contributed by atoms with Crippen molar-refractivity contribution in [2.45, 2.75) is 38.8 Å². The van der Waals surface area contributed by atoms with Gasteiger partial charge in [0.1, 0.15) is 18.0 Å². The van der Waals surface area contributed by atoms with E-state index in [-0.39, 0.29) is 17.2 Å². The van der Waals surface area contributed by atoms with Crippen molar-refractivity contribution in [2.24, 2.45) is 0 Å². The smallest absolute Gasteiger partial charge is 0.410 e. The van der Waals surface area contributed by atoms with Crippen LogP contribution in [0.4, 0.5) is 13.6 Å². The number of likely N-dealkylation sites (N-methyl/N-ethyl adjacent to an activating group) is 1. The summed E-state index contributed by atoms with van der Waals surface area (Å²) >= 11 is 5.89. The zero-order chi connectivity index (χ0) is 16.7. The largest absolute Gasteiger partial charge is 0.491 e. The van der Waals surface area contributed by atoms with E-state index >= 15 is 0 Å². The van der Waals surface area contributed by atoms with Gasteiger partial charge in [-0.1, -0.05) is 11.6 Å². The Kier molecular flexibility index (Phi) is 4.52. The Morgan fingerprint density at radius 2 is 2.09 bits per heavy atom. The van der Waals surface area contributed by atoms with Crippen molar-refractivity contribution in [1.29, 1.82) is 0 Å². The SMILES string of the molecule is CN(C(=O)OC(C)(C)C)[C@@H]1COc2cc(C(F)F)c(Cl)cc21. The molecule has 1 amide bonds. The Bertz CT molecular complexity index is 587. The summed E-state index contributed by atoms with van der Waals surface area (Å²) in [6.07, 6.45) is -3.19. The van der Waals surface area contributed by atoms with E-state index in [1.54, 1.807) is 27.8 Å². The van der Waals surface area contributed by atoms with E-state index in [1.807, 2.05) is 0 Å². The van der Waals surface area contributed by atoms with Crippen molar-refractivity contribution in [3.05, 3.63) is 28.3 Å². The van der Waals surface area contributed by atoms with Crippen LogP contribution in [0.1, 0.15) is 44.4 Å². The second kappa shape index (κ2) is 5.91. The molecule has 1 atom stereocenters. The first-order chi connectivity index (χ1) is 10.1. The maximum Gasteiger partial charge on any atom is 0.410 e. The van der Waals surface area contributed by atoms with Crippen molar-refractivity contribution in [2.75, 3.05) is 13.7 Å². The zero-order valence-corrected chi connectivity index (χ0v) is 13.6. The first-order valence-corrected chi connectivity index (χ1v) is 7.18. The summed E-state index contributed by atoms with van der Waals surface area (Å²) in [5.41, 5.74) is -0.297. The average Bonchev–Trinajstić information content (AvgIpc) is 2.77. The van der Waals surface area contributed by atoms with Gasteiger partial charge in [-0.15, -0.1) is 0 Å². The summed E-state index contributed by atoms with van der Waals surface area (Å²) in [6, 6.07) is 2.23. The molecule has 0 unspecified atom stereocenters. The molecule has 1 aliphatic heterocycles. The van der Waals surface area contributed by atoms with E-state index in [2.05, 4.69) is 0 Å². The van der Waals surface area contributed by atoms with Crippen molar-refractivity contribution in [3.63, 3.8) is 0 Å². The summed E-state index contributed by atoms with van der Waals surface area (Å²) in [7, 11) is 1.58. The highest BCUT2D eigenvalue weighted by molar-refractivity contribution is 6.31. The second-order valence-corrected chi connectivity index (χ2v) is 6.54. The van der Waals surface area contributed by atoms with Crippen molar-refractivity contribution in [3.8, 4) is 5.75 Å². The van der Waals surface area contributed by atoms with Gasteiger partial charge in [-0.05, 0) is 32.9 Å². The number of hydrogen-bond donors (Lipinski definition) is 0. The fourth-order valence-electron chi connectivity index (χ4n) is 2.18. The van der Waals surface area contributed by atoms with Gasteiger partial charge in [-0.3, -0.25) is 0 Å². The number of fused-ring (bicyclic) bond motifs is 1. The Morgan fingerprint density at radius 3 is 2.64 bits per heavy atom. The van der Waals surface area contributed by atoms with Gasteiger partial charge in [0.15, 0.2) is 0 Å². The van der Waals surface area contributed by atoms with E-state index < -0.39 is 24.2 Å². The third kappa shape index (κ3) is 3.43. The number of benzene rings is 1. The van der Waals surface area contributed by atoms with Crippen LogP contribution in [0, 0.1) is 0 Å². The van der Waals surface area contributed by atoms with Gasteiger partial charge in [0, 0.05) is 18.2 Å². The first kappa shape index (κ1) is 16.8.